The Kier molecular flexibility index (Phi) is 5.21. The van der Waals surface area contributed by atoms with Gasteiger partial charge in [0.25, 0.3) is 0 Å². The van der Waals surface area contributed by atoms with Crippen molar-refractivity contribution >= 4 is 17.7 Å². The van der Waals surface area contributed by atoms with E-state index in [9.17, 15) is 9.59 Å². The first kappa shape index (κ1) is 17.9. The third kappa shape index (κ3) is 3.69. The minimum atomic E-state index is -0.431. The summed E-state index contributed by atoms with van der Waals surface area (Å²) in [5, 5.41) is 2.89. The van der Waals surface area contributed by atoms with Crippen molar-refractivity contribution in [2.75, 3.05) is 18.5 Å². The van der Waals surface area contributed by atoms with E-state index in [0.29, 0.717) is 42.3 Å². The lowest BCUT2D eigenvalue weighted by Crippen LogP contribution is -2.39. The first-order valence-electron chi connectivity index (χ1n) is 8.77. The zero-order chi connectivity index (χ0) is 18.7. The number of benzene rings is 1. The molecule has 1 aromatic carbocycles. The lowest BCUT2D eigenvalue weighted by molar-refractivity contribution is 0.0525. The maximum Gasteiger partial charge on any atom is 0.340 e. The minimum Gasteiger partial charge on any atom is -0.462 e. The molecule has 0 saturated heterocycles. The standard InChI is InChI=1S/C20H23N3O3/c1-4-26-19(24)17-11-18(14(3)21-13(17)2)22-20(25)23-10-9-15-7-5-6-8-16(15)12-23/h5-8,11H,4,9-10,12H2,1-3H3,(H,22,25). The maximum atomic E-state index is 12.7. The minimum absolute atomic E-state index is 0.192. The highest BCUT2D eigenvalue weighted by atomic mass is 16.5. The fraction of sp³-hybridized carbons (Fsp3) is 0.350. The number of amides is 2. The van der Waals surface area contributed by atoms with Crippen LogP contribution in [-0.4, -0.2) is 35.0 Å². The number of fused-ring (bicyclic) bond motifs is 1. The van der Waals surface area contributed by atoms with E-state index in [-0.39, 0.29) is 6.03 Å². The first-order valence-corrected chi connectivity index (χ1v) is 8.77. The Morgan fingerprint density at radius 1 is 1.19 bits per heavy atom. The van der Waals surface area contributed by atoms with Crippen molar-refractivity contribution < 1.29 is 14.3 Å². The Morgan fingerprint density at radius 3 is 2.65 bits per heavy atom. The Morgan fingerprint density at radius 2 is 1.92 bits per heavy atom. The smallest absolute Gasteiger partial charge is 0.340 e. The molecule has 26 heavy (non-hydrogen) atoms. The Balaban J connectivity index is 1.77. The molecule has 0 aliphatic carbocycles. The highest BCUT2D eigenvalue weighted by Crippen LogP contribution is 2.22. The summed E-state index contributed by atoms with van der Waals surface area (Å²) >= 11 is 0. The van der Waals surface area contributed by atoms with E-state index in [2.05, 4.69) is 16.4 Å². The number of aromatic nitrogens is 1. The SMILES string of the molecule is CCOC(=O)c1cc(NC(=O)N2CCc3ccccc3C2)c(C)nc1C. The lowest BCUT2D eigenvalue weighted by Gasteiger charge is -2.29. The number of rotatable bonds is 3. The van der Waals surface area contributed by atoms with Crippen LogP contribution in [0.5, 0.6) is 0 Å². The number of nitrogens with zero attached hydrogens (tertiary/aromatic N) is 2. The summed E-state index contributed by atoms with van der Waals surface area (Å²) in [7, 11) is 0. The molecule has 2 heterocycles. The van der Waals surface area contributed by atoms with Gasteiger partial charge in [0.15, 0.2) is 0 Å². The number of carbonyl (C=O) groups is 2. The second kappa shape index (κ2) is 7.56. The van der Waals surface area contributed by atoms with E-state index in [1.165, 1.54) is 11.1 Å². The molecule has 0 bridgehead atoms. The van der Waals surface area contributed by atoms with Crippen molar-refractivity contribution in [3.05, 3.63) is 58.4 Å². The van der Waals surface area contributed by atoms with E-state index < -0.39 is 5.97 Å². The zero-order valence-corrected chi connectivity index (χ0v) is 15.3. The predicted molar refractivity (Wildman–Crippen MR) is 99.2 cm³/mol. The molecule has 1 aromatic heterocycles. The van der Waals surface area contributed by atoms with Gasteiger partial charge in [-0.05, 0) is 44.4 Å². The zero-order valence-electron chi connectivity index (χ0n) is 15.3. The molecule has 6 nitrogen and oxygen atoms in total. The average Bonchev–Trinajstić information content (AvgIpc) is 2.63. The summed E-state index contributed by atoms with van der Waals surface area (Å²) in [4.78, 5) is 30.9. The number of ether oxygens (including phenoxy) is 1. The van der Waals surface area contributed by atoms with Crippen molar-refractivity contribution in [3.63, 3.8) is 0 Å². The maximum absolute atomic E-state index is 12.7. The van der Waals surface area contributed by atoms with Gasteiger partial charge in [0.2, 0.25) is 0 Å². The second-order valence-electron chi connectivity index (χ2n) is 6.35. The Labute approximate surface area is 153 Å². The number of hydrogen-bond acceptors (Lipinski definition) is 4. The molecule has 2 aromatic rings. The van der Waals surface area contributed by atoms with Gasteiger partial charge in [-0.15, -0.1) is 0 Å². The quantitative estimate of drug-likeness (QED) is 0.858. The van der Waals surface area contributed by atoms with E-state index in [0.717, 1.165) is 6.42 Å². The monoisotopic (exact) mass is 353 g/mol. The van der Waals surface area contributed by atoms with Gasteiger partial charge in [-0.1, -0.05) is 24.3 Å². The summed E-state index contributed by atoms with van der Waals surface area (Å²) < 4.78 is 5.06. The number of nitrogens with one attached hydrogen (secondary N) is 1. The van der Waals surface area contributed by atoms with Crippen LogP contribution in [0.25, 0.3) is 0 Å². The lowest BCUT2D eigenvalue weighted by atomic mass is 10.0. The normalized spacial score (nSPS) is 13.1. The molecule has 3 rings (SSSR count). The third-order valence-corrected chi connectivity index (χ3v) is 4.56. The topological polar surface area (TPSA) is 71.5 Å². The largest absolute Gasteiger partial charge is 0.462 e. The molecule has 1 aliphatic rings. The Bertz CT molecular complexity index is 848. The molecule has 0 atom stereocenters. The van der Waals surface area contributed by atoms with Crippen LogP contribution < -0.4 is 5.32 Å². The third-order valence-electron chi connectivity index (χ3n) is 4.56. The summed E-state index contributed by atoms with van der Waals surface area (Å²) in [5.74, 6) is -0.431. The molecular weight excluding hydrogens is 330 g/mol. The predicted octanol–water partition coefficient (Wildman–Crippen LogP) is 3.47. The average molecular weight is 353 g/mol. The van der Waals surface area contributed by atoms with Crippen LogP contribution in [0, 0.1) is 13.8 Å². The van der Waals surface area contributed by atoms with Gasteiger partial charge in [0.05, 0.1) is 29.2 Å². The van der Waals surface area contributed by atoms with Gasteiger partial charge in [0.1, 0.15) is 0 Å². The number of carbonyl (C=O) groups excluding carboxylic acids is 2. The summed E-state index contributed by atoms with van der Waals surface area (Å²) in [6, 6.07) is 9.61. The first-order chi connectivity index (χ1) is 12.5. The number of aryl methyl sites for hydroxylation is 2. The fourth-order valence-electron chi connectivity index (χ4n) is 3.13. The molecule has 1 N–H and O–H groups in total. The molecule has 0 unspecified atom stereocenters. The van der Waals surface area contributed by atoms with Gasteiger partial charge in [0, 0.05) is 13.1 Å². The van der Waals surface area contributed by atoms with Gasteiger partial charge in [-0.3, -0.25) is 4.98 Å². The van der Waals surface area contributed by atoms with Crippen LogP contribution in [-0.2, 0) is 17.7 Å². The van der Waals surface area contributed by atoms with Gasteiger partial charge in [-0.2, -0.15) is 0 Å². The second-order valence-corrected chi connectivity index (χ2v) is 6.35. The number of esters is 1. The molecular formula is C20H23N3O3. The fourth-order valence-corrected chi connectivity index (χ4v) is 3.13. The van der Waals surface area contributed by atoms with E-state index >= 15 is 0 Å². The molecule has 6 heteroatoms. The van der Waals surface area contributed by atoms with E-state index in [1.54, 1.807) is 24.8 Å². The molecule has 136 valence electrons. The van der Waals surface area contributed by atoms with Gasteiger partial charge in [-0.25, -0.2) is 9.59 Å². The number of urea groups is 1. The summed E-state index contributed by atoms with van der Waals surface area (Å²) in [6.45, 7) is 6.85. The van der Waals surface area contributed by atoms with Crippen molar-refractivity contribution in [1.82, 2.24) is 9.88 Å². The molecule has 0 radical (unpaired) electrons. The van der Waals surface area contributed by atoms with Gasteiger partial charge < -0.3 is 15.0 Å². The van der Waals surface area contributed by atoms with Crippen LogP contribution in [0.2, 0.25) is 0 Å². The number of pyridine rings is 1. The van der Waals surface area contributed by atoms with Crippen LogP contribution in [0.15, 0.2) is 30.3 Å². The molecule has 0 saturated carbocycles. The van der Waals surface area contributed by atoms with Crippen LogP contribution >= 0.6 is 0 Å². The Hall–Kier alpha value is -2.89. The highest BCUT2D eigenvalue weighted by Gasteiger charge is 2.22. The van der Waals surface area contributed by atoms with E-state index in [1.807, 2.05) is 25.1 Å². The van der Waals surface area contributed by atoms with Gasteiger partial charge >= 0.3 is 12.0 Å². The van der Waals surface area contributed by atoms with Crippen LogP contribution in [0.3, 0.4) is 0 Å². The molecule has 0 fully saturated rings. The van der Waals surface area contributed by atoms with Crippen molar-refractivity contribution in [3.8, 4) is 0 Å². The number of anilines is 1. The van der Waals surface area contributed by atoms with Crippen LogP contribution in [0.4, 0.5) is 10.5 Å². The summed E-state index contributed by atoms with van der Waals surface area (Å²) in [6.07, 6.45) is 0.836. The van der Waals surface area contributed by atoms with E-state index in [4.69, 9.17) is 4.74 Å². The molecule has 2 amide bonds. The highest BCUT2D eigenvalue weighted by molar-refractivity contribution is 5.95. The molecule has 1 aliphatic heterocycles. The van der Waals surface area contributed by atoms with Crippen molar-refractivity contribution in [1.29, 1.82) is 0 Å². The van der Waals surface area contributed by atoms with Crippen molar-refractivity contribution in [2.24, 2.45) is 0 Å². The van der Waals surface area contributed by atoms with Crippen molar-refractivity contribution in [2.45, 2.75) is 33.7 Å². The van der Waals surface area contributed by atoms with Crippen LogP contribution in [0.1, 0.15) is 39.8 Å². The molecule has 0 spiro atoms. The summed E-state index contributed by atoms with van der Waals surface area (Å²) in [5.41, 5.74) is 4.61. The number of hydrogen-bond donors (Lipinski definition) is 1.